The highest BCUT2D eigenvalue weighted by Gasteiger charge is 2.19. The molecule has 1 atom stereocenters. The van der Waals surface area contributed by atoms with Crippen LogP contribution < -0.4 is 10.9 Å². The van der Waals surface area contributed by atoms with Crippen LogP contribution in [0.25, 0.3) is 10.2 Å². The number of fused-ring (bicyclic) bond motifs is 1. The molecule has 1 saturated heterocycles. The van der Waals surface area contributed by atoms with Crippen molar-refractivity contribution < 1.29 is 0 Å². The van der Waals surface area contributed by atoms with E-state index in [9.17, 15) is 4.79 Å². The number of nitrogens with one attached hydrogen (secondary N) is 2. The zero-order valence-corrected chi connectivity index (χ0v) is 14.2. The third-order valence-corrected chi connectivity index (χ3v) is 5.18. The first-order valence-corrected chi connectivity index (χ1v) is 7.81. The lowest BCUT2D eigenvalue weighted by molar-refractivity contribution is 0.162. The van der Waals surface area contributed by atoms with Crippen LogP contribution in [0.1, 0.15) is 23.2 Å². The number of aromatic amines is 1. The lowest BCUT2D eigenvalue weighted by Gasteiger charge is -2.33. The van der Waals surface area contributed by atoms with Gasteiger partial charge >= 0.3 is 0 Å². The maximum Gasteiger partial charge on any atom is 0.259 e. The van der Waals surface area contributed by atoms with Crippen LogP contribution in [0.5, 0.6) is 0 Å². The largest absolute Gasteiger partial charge is 0.314 e. The van der Waals surface area contributed by atoms with Gasteiger partial charge in [0.15, 0.2) is 0 Å². The van der Waals surface area contributed by atoms with Gasteiger partial charge in [-0.1, -0.05) is 0 Å². The lowest BCUT2D eigenvalue weighted by Crippen LogP contribution is -2.49. The molecule has 0 spiro atoms. The summed E-state index contributed by atoms with van der Waals surface area (Å²) in [4.78, 5) is 24.2. The molecule has 2 aromatic rings. The van der Waals surface area contributed by atoms with E-state index in [1.54, 1.807) is 11.3 Å². The summed E-state index contributed by atoms with van der Waals surface area (Å²) in [6, 6.07) is 0.469. The average molecular weight is 329 g/mol. The van der Waals surface area contributed by atoms with Crippen molar-refractivity contribution in [2.24, 2.45) is 0 Å². The van der Waals surface area contributed by atoms with Crippen LogP contribution in [0, 0.1) is 13.8 Å². The van der Waals surface area contributed by atoms with Gasteiger partial charge in [0.2, 0.25) is 0 Å². The molecule has 3 heterocycles. The molecule has 5 nitrogen and oxygen atoms in total. The Bertz CT molecular complexity index is 696. The van der Waals surface area contributed by atoms with Crippen molar-refractivity contribution in [2.75, 3.05) is 19.6 Å². The Kier molecular flexibility index (Phi) is 5.03. The van der Waals surface area contributed by atoms with Gasteiger partial charge < -0.3 is 10.3 Å². The Morgan fingerprint density at radius 1 is 1.43 bits per heavy atom. The van der Waals surface area contributed by atoms with Gasteiger partial charge in [-0.05, 0) is 26.3 Å². The van der Waals surface area contributed by atoms with Crippen LogP contribution in [0.4, 0.5) is 0 Å². The van der Waals surface area contributed by atoms with Gasteiger partial charge in [0.25, 0.3) is 5.56 Å². The fourth-order valence-electron chi connectivity index (χ4n) is 2.68. The molecule has 2 N–H and O–H groups in total. The molecule has 7 heteroatoms. The van der Waals surface area contributed by atoms with Crippen LogP contribution in [-0.2, 0) is 6.54 Å². The summed E-state index contributed by atoms with van der Waals surface area (Å²) >= 11 is 1.61. The van der Waals surface area contributed by atoms with E-state index in [1.165, 1.54) is 4.88 Å². The van der Waals surface area contributed by atoms with Gasteiger partial charge in [0.05, 0.1) is 11.9 Å². The molecule has 1 aliphatic rings. The van der Waals surface area contributed by atoms with Crippen molar-refractivity contribution in [2.45, 2.75) is 33.4 Å². The monoisotopic (exact) mass is 328 g/mol. The van der Waals surface area contributed by atoms with Gasteiger partial charge in [0.1, 0.15) is 10.7 Å². The van der Waals surface area contributed by atoms with Crippen LogP contribution in [0.15, 0.2) is 4.79 Å². The molecule has 0 aliphatic carbocycles. The number of aryl methyl sites for hydroxylation is 2. The highest BCUT2D eigenvalue weighted by molar-refractivity contribution is 7.18. The number of hydrogen-bond donors (Lipinski definition) is 2. The van der Waals surface area contributed by atoms with E-state index in [0.717, 1.165) is 41.2 Å². The zero-order chi connectivity index (χ0) is 14.3. The van der Waals surface area contributed by atoms with E-state index in [-0.39, 0.29) is 18.0 Å². The van der Waals surface area contributed by atoms with Crippen molar-refractivity contribution in [3.8, 4) is 0 Å². The average Bonchev–Trinajstić information content (AvgIpc) is 2.68. The summed E-state index contributed by atoms with van der Waals surface area (Å²) < 4.78 is 0. The second kappa shape index (κ2) is 6.44. The molecule has 3 rings (SSSR count). The van der Waals surface area contributed by atoms with Crippen molar-refractivity contribution in [3.05, 3.63) is 26.6 Å². The van der Waals surface area contributed by atoms with Crippen LogP contribution in [0.2, 0.25) is 0 Å². The van der Waals surface area contributed by atoms with E-state index < -0.39 is 0 Å². The molecule has 1 fully saturated rings. The topological polar surface area (TPSA) is 61.0 Å². The van der Waals surface area contributed by atoms with E-state index in [0.29, 0.717) is 12.6 Å². The van der Waals surface area contributed by atoms with Crippen LogP contribution in [-0.4, -0.2) is 40.5 Å². The molecular weight excluding hydrogens is 308 g/mol. The summed E-state index contributed by atoms with van der Waals surface area (Å²) in [5.41, 5.74) is 1.05. The summed E-state index contributed by atoms with van der Waals surface area (Å²) in [6.45, 7) is 9.91. The molecule has 1 aliphatic heterocycles. The number of H-pyrrole nitrogens is 1. The lowest BCUT2D eigenvalue weighted by atomic mass is 10.2. The first kappa shape index (κ1) is 16.4. The molecule has 0 radical (unpaired) electrons. The summed E-state index contributed by atoms with van der Waals surface area (Å²) in [5, 5.41) is 4.12. The van der Waals surface area contributed by atoms with Crippen LogP contribution >= 0.6 is 23.7 Å². The first-order chi connectivity index (χ1) is 9.56. The van der Waals surface area contributed by atoms with E-state index in [2.05, 4.69) is 27.1 Å². The normalized spacial score (nSPS) is 19.7. The number of hydrogen-bond acceptors (Lipinski definition) is 5. The second-order valence-electron chi connectivity index (χ2n) is 5.50. The Morgan fingerprint density at radius 3 is 2.90 bits per heavy atom. The van der Waals surface area contributed by atoms with Gasteiger partial charge in [-0.25, -0.2) is 4.98 Å². The van der Waals surface area contributed by atoms with Crippen molar-refractivity contribution in [3.63, 3.8) is 0 Å². The zero-order valence-electron chi connectivity index (χ0n) is 12.5. The molecule has 0 bridgehead atoms. The van der Waals surface area contributed by atoms with Crippen LogP contribution in [0.3, 0.4) is 0 Å². The summed E-state index contributed by atoms with van der Waals surface area (Å²) in [6.07, 6.45) is 0. The number of rotatable bonds is 2. The van der Waals surface area contributed by atoms with E-state index in [4.69, 9.17) is 0 Å². The maximum absolute atomic E-state index is 12.2. The quantitative estimate of drug-likeness (QED) is 0.882. The first-order valence-electron chi connectivity index (χ1n) is 7.00. The van der Waals surface area contributed by atoms with Gasteiger partial charge in [-0.3, -0.25) is 9.69 Å². The standard InChI is InChI=1S/C14H20N4OS.ClH/c1-8-6-15-4-5-18(8)7-11-16-13(19)12-9(2)10(3)20-14(12)17-11;/h8,15H,4-7H2,1-3H3,(H,16,17,19);1H/t8-;/m1./s1. The Labute approximate surface area is 134 Å². The molecule has 0 saturated carbocycles. The van der Waals surface area contributed by atoms with Crippen molar-refractivity contribution in [1.82, 2.24) is 20.2 Å². The highest BCUT2D eigenvalue weighted by atomic mass is 35.5. The van der Waals surface area contributed by atoms with Gasteiger partial charge in [-0.2, -0.15) is 0 Å². The van der Waals surface area contributed by atoms with Crippen molar-refractivity contribution in [1.29, 1.82) is 0 Å². The number of aromatic nitrogens is 2. The molecule has 116 valence electrons. The molecule has 21 heavy (non-hydrogen) atoms. The second-order valence-corrected chi connectivity index (χ2v) is 6.70. The van der Waals surface area contributed by atoms with Gasteiger partial charge in [-0.15, -0.1) is 23.7 Å². The summed E-state index contributed by atoms with van der Waals surface area (Å²) in [5.74, 6) is 0.775. The number of piperazine rings is 1. The third-order valence-electron chi connectivity index (χ3n) is 4.08. The Balaban J connectivity index is 0.00000161. The van der Waals surface area contributed by atoms with E-state index >= 15 is 0 Å². The SMILES string of the molecule is Cc1sc2nc(CN3CCNC[C@H]3C)[nH]c(=O)c2c1C.Cl. The minimum absolute atomic E-state index is 0. The predicted molar refractivity (Wildman–Crippen MR) is 89.7 cm³/mol. The van der Waals surface area contributed by atoms with E-state index in [1.807, 2.05) is 13.8 Å². The smallest absolute Gasteiger partial charge is 0.259 e. The number of halogens is 1. The maximum atomic E-state index is 12.2. The molecule has 2 aromatic heterocycles. The van der Waals surface area contributed by atoms with Crippen molar-refractivity contribution >= 4 is 34.0 Å². The number of thiophene rings is 1. The number of nitrogens with zero attached hydrogens (tertiary/aromatic N) is 2. The fraction of sp³-hybridized carbons (Fsp3) is 0.571. The fourth-order valence-corrected chi connectivity index (χ4v) is 3.73. The molecular formula is C14H21ClN4OS. The minimum atomic E-state index is -0.00497. The molecule has 0 aromatic carbocycles. The molecule has 0 amide bonds. The third kappa shape index (κ3) is 3.13. The predicted octanol–water partition coefficient (Wildman–Crippen LogP) is 1.82. The van der Waals surface area contributed by atoms with Gasteiger partial charge in [0, 0.05) is 30.6 Å². The molecule has 0 unspecified atom stereocenters. The Morgan fingerprint density at radius 2 is 2.19 bits per heavy atom. The highest BCUT2D eigenvalue weighted by Crippen LogP contribution is 2.25. The summed E-state index contributed by atoms with van der Waals surface area (Å²) in [7, 11) is 0. The minimum Gasteiger partial charge on any atom is -0.314 e. The Hall–Kier alpha value is -0.950.